The number of carbonyl (C=O) groups is 1. The Morgan fingerprint density at radius 3 is 2.73 bits per heavy atom. The van der Waals surface area contributed by atoms with Crippen molar-refractivity contribution in [2.24, 2.45) is 4.99 Å². The summed E-state index contributed by atoms with van der Waals surface area (Å²) in [7, 11) is 0. The first-order valence-corrected chi connectivity index (χ1v) is 8.31. The predicted octanol–water partition coefficient (Wildman–Crippen LogP) is 2.87. The lowest BCUT2D eigenvalue weighted by molar-refractivity contribution is -0.122. The summed E-state index contributed by atoms with van der Waals surface area (Å²) >= 11 is 2.76. The molecule has 0 unspecified atom stereocenters. The van der Waals surface area contributed by atoms with E-state index in [9.17, 15) is 4.79 Å². The van der Waals surface area contributed by atoms with Crippen molar-refractivity contribution in [3.8, 4) is 0 Å². The molecular weight excluding hydrogens is 318 g/mol. The first-order chi connectivity index (χ1) is 10.7. The van der Waals surface area contributed by atoms with Gasteiger partial charge in [0.2, 0.25) is 5.13 Å². The smallest absolute Gasteiger partial charge is 0.266 e. The van der Waals surface area contributed by atoms with Crippen LogP contribution in [0, 0.1) is 6.92 Å². The van der Waals surface area contributed by atoms with Crippen LogP contribution in [0.25, 0.3) is 6.08 Å². The Morgan fingerprint density at radius 1 is 1.32 bits per heavy atom. The predicted molar refractivity (Wildman–Crippen MR) is 88.9 cm³/mol. The monoisotopic (exact) mass is 331 g/mol. The molecule has 0 N–H and O–H groups in total. The maximum Gasteiger partial charge on any atom is 0.266 e. The lowest BCUT2D eigenvalue weighted by Crippen LogP contribution is -2.28. The molecule has 2 aromatic rings. The van der Waals surface area contributed by atoms with E-state index in [2.05, 4.69) is 20.2 Å². The van der Waals surface area contributed by atoms with E-state index in [1.807, 2.05) is 32.1 Å². The lowest BCUT2D eigenvalue weighted by atomic mass is 10.2. The Hall–Kier alpha value is -2.06. The van der Waals surface area contributed by atoms with Crippen LogP contribution in [0.3, 0.4) is 0 Å². The fraction of sp³-hybridized carbons (Fsp3) is 0.214. The molecule has 8 heteroatoms. The number of amidine groups is 1. The average Bonchev–Trinajstić information content (AvgIpc) is 3.05. The molecule has 1 aliphatic rings. The van der Waals surface area contributed by atoms with Gasteiger partial charge < -0.3 is 0 Å². The highest BCUT2D eigenvalue weighted by Crippen LogP contribution is 2.34. The van der Waals surface area contributed by atoms with E-state index in [1.165, 1.54) is 23.1 Å². The zero-order chi connectivity index (χ0) is 15.5. The number of aryl methyl sites for hydroxylation is 1. The first-order valence-electron chi connectivity index (χ1n) is 6.67. The molecule has 0 aromatic carbocycles. The number of hydrogen-bond acceptors (Lipinski definition) is 7. The summed E-state index contributed by atoms with van der Waals surface area (Å²) in [4.78, 5) is 23.2. The average molecular weight is 331 g/mol. The molecule has 0 spiro atoms. The van der Waals surface area contributed by atoms with Crippen molar-refractivity contribution in [3.05, 3.63) is 40.0 Å². The van der Waals surface area contributed by atoms with Crippen LogP contribution in [0.15, 0.2) is 34.4 Å². The zero-order valence-electron chi connectivity index (χ0n) is 12.1. The molecular formula is C14H13N5OS2. The molecule has 6 nitrogen and oxygen atoms in total. The van der Waals surface area contributed by atoms with Crippen LogP contribution in [-0.2, 0) is 4.79 Å². The number of thioether (sulfide) groups is 1. The van der Waals surface area contributed by atoms with Gasteiger partial charge in [-0.05, 0) is 49.4 Å². The molecule has 0 saturated carbocycles. The highest BCUT2D eigenvalue weighted by atomic mass is 32.2. The van der Waals surface area contributed by atoms with Gasteiger partial charge in [-0.15, -0.1) is 10.2 Å². The zero-order valence-corrected chi connectivity index (χ0v) is 13.7. The second-order valence-electron chi connectivity index (χ2n) is 4.44. The number of aromatic nitrogens is 3. The third kappa shape index (κ3) is 3.07. The van der Waals surface area contributed by atoms with E-state index in [-0.39, 0.29) is 5.91 Å². The molecule has 1 aliphatic heterocycles. The van der Waals surface area contributed by atoms with Gasteiger partial charge in [0.15, 0.2) is 5.17 Å². The lowest BCUT2D eigenvalue weighted by Gasteiger charge is -2.10. The van der Waals surface area contributed by atoms with Gasteiger partial charge in [0.25, 0.3) is 5.91 Å². The third-order valence-corrected chi connectivity index (χ3v) is 4.65. The molecule has 22 heavy (non-hydrogen) atoms. The molecule has 2 aromatic heterocycles. The van der Waals surface area contributed by atoms with Gasteiger partial charge in [-0.3, -0.25) is 14.7 Å². The largest absolute Gasteiger partial charge is 0.287 e. The number of rotatable bonds is 3. The summed E-state index contributed by atoms with van der Waals surface area (Å²) in [6.45, 7) is 4.37. The van der Waals surface area contributed by atoms with E-state index in [4.69, 9.17) is 0 Å². The van der Waals surface area contributed by atoms with Gasteiger partial charge in [-0.25, -0.2) is 0 Å². The third-order valence-electron chi connectivity index (χ3n) is 2.91. The Balaban J connectivity index is 1.92. The van der Waals surface area contributed by atoms with E-state index < -0.39 is 0 Å². The molecule has 3 heterocycles. The molecule has 1 saturated heterocycles. The Labute approximate surface area is 136 Å². The number of carbonyl (C=O) groups excluding carboxylic acids is 1. The van der Waals surface area contributed by atoms with Crippen molar-refractivity contribution in [1.29, 1.82) is 0 Å². The fourth-order valence-corrected chi connectivity index (χ4v) is 3.56. The number of nitrogens with zero attached hydrogens (tertiary/aromatic N) is 5. The Morgan fingerprint density at radius 2 is 2.09 bits per heavy atom. The highest BCUT2D eigenvalue weighted by Gasteiger charge is 2.32. The quantitative estimate of drug-likeness (QED) is 0.809. The number of hydrogen-bond donors (Lipinski definition) is 0. The molecule has 3 rings (SSSR count). The van der Waals surface area contributed by atoms with Crippen LogP contribution in [0.4, 0.5) is 5.13 Å². The molecule has 0 radical (unpaired) electrons. The van der Waals surface area contributed by atoms with E-state index in [0.29, 0.717) is 21.7 Å². The van der Waals surface area contributed by atoms with E-state index in [0.717, 1.165) is 10.6 Å². The normalized spacial score (nSPS) is 18.6. The molecule has 1 fully saturated rings. The molecule has 0 aliphatic carbocycles. The second-order valence-corrected chi connectivity index (χ2v) is 6.61. The SMILES string of the molecule is CCN1C(=O)/C(=C/c2ccncc2)S/C1=N/c1nnc(C)s1. The highest BCUT2D eigenvalue weighted by molar-refractivity contribution is 8.18. The van der Waals surface area contributed by atoms with Crippen LogP contribution in [0.1, 0.15) is 17.5 Å². The maximum absolute atomic E-state index is 12.5. The van der Waals surface area contributed by atoms with Gasteiger partial charge >= 0.3 is 0 Å². The molecule has 112 valence electrons. The number of likely N-dealkylation sites (N-methyl/N-ethyl adjacent to an activating group) is 1. The maximum atomic E-state index is 12.5. The van der Waals surface area contributed by atoms with Crippen LogP contribution >= 0.6 is 23.1 Å². The fourth-order valence-electron chi connectivity index (χ4n) is 1.89. The minimum Gasteiger partial charge on any atom is -0.287 e. The van der Waals surface area contributed by atoms with Crippen molar-refractivity contribution in [2.75, 3.05) is 6.54 Å². The van der Waals surface area contributed by atoms with E-state index in [1.54, 1.807) is 17.3 Å². The first kappa shape index (κ1) is 14.9. The Bertz CT molecular complexity index is 754. The number of pyridine rings is 1. The topological polar surface area (TPSA) is 71.3 Å². The van der Waals surface area contributed by atoms with E-state index >= 15 is 0 Å². The van der Waals surface area contributed by atoms with Crippen LogP contribution < -0.4 is 0 Å². The summed E-state index contributed by atoms with van der Waals surface area (Å²) in [6, 6.07) is 3.72. The number of amides is 1. The summed E-state index contributed by atoms with van der Waals surface area (Å²) < 4.78 is 0. The van der Waals surface area contributed by atoms with Gasteiger partial charge in [0.1, 0.15) is 5.01 Å². The van der Waals surface area contributed by atoms with Crippen molar-refractivity contribution in [2.45, 2.75) is 13.8 Å². The number of aliphatic imine (C=N–C) groups is 1. The molecule has 1 amide bonds. The van der Waals surface area contributed by atoms with Crippen molar-refractivity contribution in [1.82, 2.24) is 20.1 Å². The van der Waals surface area contributed by atoms with Crippen LogP contribution in [0.5, 0.6) is 0 Å². The van der Waals surface area contributed by atoms with Crippen molar-refractivity contribution >= 4 is 45.4 Å². The minimum absolute atomic E-state index is 0.0377. The van der Waals surface area contributed by atoms with Gasteiger partial charge in [0, 0.05) is 18.9 Å². The minimum atomic E-state index is -0.0377. The summed E-state index contributed by atoms with van der Waals surface area (Å²) in [6.07, 6.45) is 5.26. The second kappa shape index (κ2) is 6.37. The van der Waals surface area contributed by atoms with Gasteiger partial charge in [-0.1, -0.05) is 11.3 Å². The van der Waals surface area contributed by atoms with Crippen LogP contribution in [-0.4, -0.2) is 37.7 Å². The standard InChI is InChI=1S/C14H13N5OS2/c1-3-19-12(20)11(8-10-4-6-15-7-5-10)22-14(19)16-13-18-17-9(2)21-13/h4-8H,3H2,1-2H3/b11-8-,16-14+. The summed E-state index contributed by atoms with van der Waals surface area (Å²) in [5, 5.41) is 9.99. The summed E-state index contributed by atoms with van der Waals surface area (Å²) in [5.74, 6) is -0.0377. The molecule has 0 bridgehead atoms. The van der Waals surface area contributed by atoms with Gasteiger partial charge in [0.05, 0.1) is 4.91 Å². The summed E-state index contributed by atoms with van der Waals surface area (Å²) in [5.41, 5.74) is 0.940. The van der Waals surface area contributed by atoms with Gasteiger partial charge in [-0.2, -0.15) is 4.99 Å². The Kier molecular flexibility index (Phi) is 4.30. The van der Waals surface area contributed by atoms with Crippen LogP contribution in [0.2, 0.25) is 0 Å². The van der Waals surface area contributed by atoms with Crippen molar-refractivity contribution in [3.63, 3.8) is 0 Å². The molecule has 0 atom stereocenters. The van der Waals surface area contributed by atoms with Crippen molar-refractivity contribution < 1.29 is 4.79 Å².